The molecule has 1 saturated carbocycles. The summed E-state index contributed by atoms with van der Waals surface area (Å²) < 4.78 is 11.4. The van der Waals surface area contributed by atoms with Crippen molar-refractivity contribution in [2.24, 2.45) is 11.8 Å². The van der Waals surface area contributed by atoms with Crippen molar-refractivity contribution < 1.29 is 14.3 Å². The summed E-state index contributed by atoms with van der Waals surface area (Å²) in [5, 5.41) is 0. The van der Waals surface area contributed by atoms with Crippen molar-refractivity contribution in [1.82, 2.24) is 4.90 Å². The molecule has 2 atom stereocenters. The first-order valence-corrected chi connectivity index (χ1v) is 5.83. The molecule has 0 aromatic rings. The van der Waals surface area contributed by atoms with E-state index in [1.165, 1.54) is 0 Å². The van der Waals surface area contributed by atoms with Gasteiger partial charge >= 0.3 is 0 Å². The second-order valence-electron chi connectivity index (χ2n) is 5.09. The van der Waals surface area contributed by atoms with Crippen LogP contribution < -0.4 is 0 Å². The number of hydrogen-bond donors (Lipinski definition) is 0. The van der Waals surface area contributed by atoms with Crippen molar-refractivity contribution in [3.05, 3.63) is 12.2 Å². The van der Waals surface area contributed by atoms with E-state index in [4.69, 9.17) is 9.47 Å². The van der Waals surface area contributed by atoms with Crippen molar-refractivity contribution in [1.29, 1.82) is 0 Å². The third-order valence-electron chi connectivity index (χ3n) is 4.06. The van der Waals surface area contributed by atoms with Crippen LogP contribution in [0.5, 0.6) is 0 Å². The molecule has 4 heteroatoms. The third-order valence-corrected chi connectivity index (χ3v) is 4.06. The van der Waals surface area contributed by atoms with E-state index in [1.54, 1.807) is 4.90 Å². The molecular weight excluding hydrogens is 206 g/mol. The number of rotatable bonds is 0. The molecule has 3 aliphatic rings. The SMILES string of the molecule is C=C1C(=O)N(C)C[C@H]2CC3(C[C@@H]12)OCCO3. The molecule has 0 aromatic heterocycles. The molecule has 88 valence electrons. The minimum absolute atomic E-state index is 0.0799. The largest absolute Gasteiger partial charge is 0.348 e. The lowest BCUT2D eigenvalue weighted by atomic mass is 9.85. The molecule has 0 aromatic carbocycles. The number of likely N-dealkylation sites (tertiary alicyclic amines) is 1. The highest BCUT2D eigenvalue weighted by molar-refractivity contribution is 5.94. The van der Waals surface area contributed by atoms with Crippen molar-refractivity contribution in [2.75, 3.05) is 26.8 Å². The Labute approximate surface area is 95.2 Å². The molecular formula is C12H17NO3. The van der Waals surface area contributed by atoms with Crippen LogP contribution in [0.4, 0.5) is 0 Å². The Morgan fingerprint density at radius 3 is 2.75 bits per heavy atom. The summed E-state index contributed by atoms with van der Waals surface area (Å²) in [5.74, 6) is 0.371. The van der Waals surface area contributed by atoms with Gasteiger partial charge in [0.1, 0.15) is 0 Å². The van der Waals surface area contributed by atoms with Gasteiger partial charge in [0.2, 0.25) is 5.91 Å². The summed E-state index contributed by atoms with van der Waals surface area (Å²) in [6, 6.07) is 0. The highest BCUT2D eigenvalue weighted by Gasteiger charge is 2.53. The van der Waals surface area contributed by atoms with E-state index < -0.39 is 5.79 Å². The van der Waals surface area contributed by atoms with Crippen LogP contribution in [0.3, 0.4) is 0 Å². The molecule has 16 heavy (non-hydrogen) atoms. The molecule has 2 aliphatic heterocycles. The quantitative estimate of drug-likeness (QED) is 0.570. The zero-order valence-corrected chi connectivity index (χ0v) is 9.57. The topological polar surface area (TPSA) is 38.8 Å². The fourth-order valence-electron chi connectivity index (χ4n) is 3.30. The molecule has 0 N–H and O–H groups in total. The number of fused-ring (bicyclic) bond motifs is 1. The second kappa shape index (κ2) is 3.31. The van der Waals surface area contributed by atoms with Gasteiger partial charge in [-0.25, -0.2) is 0 Å². The first-order valence-electron chi connectivity index (χ1n) is 5.83. The van der Waals surface area contributed by atoms with Gasteiger partial charge in [0.05, 0.1) is 13.2 Å². The molecule has 2 heterocycles. The van der Waals surface area contributed by atoms with Gasteiger partial charge < -0.3 is 14.4 Å². The fraction of sp³-hybridized carbons (Fsp3) is 0.750. The molecule has 1 spiro atoms. The maximum absolute atomic E-state index is 11.8. The molecule has 2 saturated heterocycles. The van der Waals surface area contributed by atoms with E-state index in [1.807, 2.05) is 7.05 Å². The highest BCUT2D eigenvalue weighted by Crippen LogP contribution is 2.49. The average molecular weight is 223 g/mol. The second-order valence-corrected chi connectivity index (χ2v) is 5.09. The molecule has 1 amide bonds. The fourth-order valence-corrected chi connectivity index (χ4v) is 3.30. The molecule has 3 rings (SSSR count). The Morgan fingerprint density at radius 1 is 1.38 bits per heavy atom. The van der Waals surface area contributed by atoms with Crippen molar-refractivity contribution in [2.45, 2.75) is 18.6 Å². The maximum Gasteiger partial charge on any atom is 0.249 e. The van der Waals surface area contributed by atoms with Gasteiger partial charge in [-0.1, -0.05) is 6.58 Å². The number of ether oxygens (including phenoxy) is 2. The predicted molar refractivity (Wildman–Crippen MR) is 57.6 cm³/mol. The Balaban J connectivity index is 1.84. The molecule has 0 radical (unpaired) electrons. The van der Waals surface area contributed by atoms with E-state index in [2.05, 4.69) is 6.58 Å². The lowest BCUT2D eigenvalue weighted by Crippen LogP contribution is -2.41. The summed E-state index contributed by atoms with van der Waals surface area (Å²) >= 11 is 0. The number of hydrogen-bond acceptors (Lipinski definition) is 3. The number of likely N-dealkylation sites (N-methyl/N-ethyl adjacent to an activating group) is 1. The summed E-state index contributed by atoms with van der Waals surface area (Å²) in [6.45, 7) is 6.10. The smallest absolute Gasteiger partial charge is 0.249 e. The van der Waals surface area contributed by atoms with Gasteiger partial charge in [-0.2, -0.15) is 0 Å². The normalized spacial score (nSPS) is 37.2. The Morgan fingerprint density at radius 2 is 2.06 bits per heavy atom. The lowest BCUT2D eigenvalue weighted by Gasteiger charge is -2.33. The van der Waals surface area contributed by atoms with Crippen molar-refractivity contribution >= 4 is 5.91 Å². The van der Waals surface area contributed by atoms with Gasteiger partial charge in [0, 0.05) is 32.0 Å². The van der Waals surface area contributed by atoms with Crippen LogP contribution in [0, 0.1) is 11.8 Å². The van der Waals surface area contributed by atoms with Gasteiger partial charge in [-0.15, -0.1) is 0 Å². The molecule has 3 fully saturated rings. The Bertz CT molecular complexity index is 346. The highest BCUT2D eigenvalue weighted by atomic mass is 16.7. The number of nitrogens with zero attached hydrogens (tertiary/aromatic N) is 1. The minimum atomic E-state index is -0.413. The van der Waals surface area contributed by atoms with Crippen LogP contribution in [-0.2, 0) is 14.3 Å². The standard InChI is InChI=1S/C12H17NO3/c1-8-10-6-12(15-3-4-16-12)5-9(10)7-13(2)11(8)14/h9-10H,1,3-7H2,2H3/t9-,10+/m1/s1. The van der Waals surface area contributed by atoms with Gasteiger partial charge in [-0.3, -0.25) is 4.79 Å². The molecule has 1 aliphatic carbocycles. The van der Waals surface area contributed by atoms with Crippen LogP contribution in [0.15, 0.2) is 12.2 Å². The number of amides is 1. The number of piperidine rings is 1. The van der Waals surface area contributed by atoms with Gasteiger partial charge in [0.15, 0.2) is 5.79 Å². The van der Waals surface area contributed by atoms with Crippen molar-refractivity contribution in [3.63, 3.8) is 0 Å². The minimum Gasteiger partial charge on any atom is -0.348 e. The first-order chi connectivity index (χ1) is 7.61. The molecule has 0 bridgehead atoms. The van der Waals surface area contributed by atoms with E-state index in [-0.39, 0.29) is 11.8 Å². The molecule has 4 nitrogen and oxygen atoms in total. The number of carbonyl (C=O) groups is 1. The van der Waals surface area contributed by atoms with Gasteiger partial charge in [0.25, 0.3) is 0 Å². The zero-order chi connectivity index (χ0) is 11.3. The summed E-state index contributed by atoms with van der Waals surface area (Å²) in [4.78, 5) is 13.6. The van der Waals surface area contributed by atoms with Crippen LogP contribution >= 0.6 is 0 Å². The monoisotopic (exact) mass is 223 g/mol. The van der Waals surface area contributed by atoms with E-state index in [0.717, 1.165) is 25.0 Å². The van der Waals surface area contributed by atoms with Crippen LogP contribution in [0.1, 0.15) is 12.8 Å². The van der Waals surface area contributed by atoms with Crippen LogP contribution in [0.2, 0.25) is 0 Å². The van der Waals surface area contributed by atoms with Crippen molar-refractivity contribution in [3.8, 4) is 0 Å². The Kier molecular flexibility index (Phi) is 2.13. The van der Waals surface area contributed by atoms with Crippen LogP contribution in [-0.4, -0.2) is 43.4 Å². The van der Waals surface area contributed by atoms with E-state index in [0.29, 0.717) is 19.1 Å². The summed E-state index contributed by atoms with van der Waals surface area (Å²) in [6.07, 6.45) is 1.70. The van der Waals surface area contributed by atoms with E-state index in [9.17, 15) is 4.79 Å². The van der Waals surface area contributed by atoms with E-state index >= 15 is 0 Å². The average Bonchev–Trinajstić information content (AvgIpc) is 2.84. The predicted octanol–water partition coefficient (Wildman–Crippen LogP) is 0.784. The number of carbonyl (C=O) groups excluding carboxylic acids is 1. The van der Waals surface area contributed by atoms with Crippen LogP contribution in [0.25, 0.3) is 0 Å². The summed E-state index contributed by atoms with van der Waals surface area (Å²) in [7, 11) is 1.84. The first kappa shape index (κ1) is 10.3. The third kappa shape index (κ3) is 1.33. The zero-order valence-electron chi connectivity index (χ0n) is 9.57. The summed E-state index contributed by atoms with van der Waals surface area (Å²) in [5.41, 5.74) is 0.731. The lowest BCUT2D eigenvalue weighted by molar-refractivity contribution is -0.153. The van der Waals surface area contributed by atoms with Gasteiger partial charge in [-0.05, 0) is 11.8 Å². The molecule has 0 unspecified atom stereocenters. The maximum atomic E-state index is 11.8. The Hall–Kier alpha value is -0.870.